The third-order valence-corrected chi connectivity index (χ3v) is 13.1. The minimum atomic E-state index is -1.18. The molecule has 9 nitrogen and oxygen atoms in total. The third-order valence-electron chi connectivity index (χ3n) is 13.1. The van der Waals surface area contributed by atoms with Crippen molar-refractivity contribution in [2.24, 2.45) is 40.4 Å². The monoisotopic (exact) mass is 662 g/mol. The Balaban J connectivity index is 1.15. The van der Waals surface area contributed by atoms with Crippen molar-refractivity contribution in [3.63, 3.8) is 0 Å². The van der Waals surface area contributed by atoms with E-state index >= 15 is 0 Å². The number of benzene rings is 1. The van der Waals surface area contributed by atoms with Crippen LogP contribution in [0.25, 0.3) is 0 Å². The molecule has 5 aliphatic carbocycles. The van der Waals surface area contributed by atoms with Gasteiger partial charge in [0.1, 0.15) is 5.41 Å². The Morgan fingerprint density at radius 1 is 0.958 bits per heavy atom. The number of carbonyl (C=O) groups excluding carboxylic acids is 3. The summed E-state index contributed by atoms with van der Waals surface area (Å²) >= 11 is 0. The van der Waals surface area contributed by atoms with Gasteiger partial charge in [0, 0.05) is 31.1 Å². The molecular formula is C39H54N2O7. The lowest BCUT2D eigenvalue weighted by molar-refractivity contribution is -0.177. The Kier molecular flexibility index (Phi) is 9.28. The van der Waals surface area contributed by atoms with Gasteiger partial charge in [0.25, 0.3) is 0 Å². The van der Waals surface area contributed by atoms with Gasteiger partial charge in [-0.25, -0.2) is 0 Å². The maximum atomic E-state index is 14.5. The fraction of sp³-hybridized carbons (Fsp3) is 0.718. The van der Waals surface area contributed by atoms with Crippen LogP contribution in [0.3, 0.4) is 0 Å². The molecule has 2 aliphatic heterocycles. The Hall–Kier alpha value is -3.07. The number of esters is 1. The molecule has 1 saturated heterocycles. The van der Waals surface area contributed by atoms with Crippen LogP contribution in [0.15, 0.2) is 30.0 Å². The van der Waals surface area contributed by atoms with Crippen molar-refractivity contribution < 1.29 is 33.3 Å². The van der Waals surface area contributed by atoms with Gasteiger partial charge in [0.2, 0.25) is 11.8 Å². The minimum absolute atomic E-state index is 0.0445. The highest BCUT2D eigenvalue weighted by atomic mass is 16.5. The van der Waals surface area contributed by atoms with Gasteiger partial charge in [-0.3, -0.25) is 14.4 Å². The molecule has 5 saturated carbocycles. The normalized spacial score (nSPS) is 35.6. The van der Waals surface area contributed by atoms with Gasteiger partial charge in [0.05, 0.1) is 33.5 Å². The Bertz CT molecular complexity index is 1400. The van der Waals surface area contributed by atoms with Crippen LogP contribution in [-0.4, -0.2) is 69.3 Å². The molecule has 0 unspecified atom stereocenters. The van der Waals surface area contributed by atoms with Crippen LogP contribution in [-0.2, 0) is 30.3 Å². The lowest BCUT2D eigenvalue weighted by Gasteiger charge is -2.57. The van der Waals surface area contributed by atoms with Crippen molar-refractivity contribution >= 4 is 17.8 Å². The van der Waals surface area contributed by atoms with E-state index in [1.807, 2.05) is 31.2 Å². The Morgan fingerprint density at radius 2 is 1.62 bits per heavy atom. The number of fused-ring (bicyclic) bond motifs is 1. The molecule has 9 heteroatoms. The SMILES string of the molecule is COC(=O)[C@]12C[C@H](CC(=O)NCC34CC5CC(CC(C5)C3)C4)C(=O)N(CCc3ccc(OC)c(OC)c3)C1=C[C@H](C1CCCC1)O[C@@H]2C. The second-order valence-electron chi connectivity index (χ2n) is 16.0. The van der Waals surface area contributed by atoms with Gasteiger partial charge in [-0.2, -0.15) is 0 Å². The van der Waals surface area contributed by atoms with E-state index in [0.29, 0.717) is 42.6 Å². The van der Waals surface area contributed by atoms with Crippen LogP contribution >= 0.6 is 0 Å². The first-order chi connectivity index (χ1) is 23.2. The molecule has 48 heavy (non-hydrogen) atoms. The Labute approximate surface area is 285 Å². The number of nitrogens with one attached hydrogen (secondary N) is 1. The summed E-state index contributed by atoms with van der Waals surface area (Å²) in [6.07, 6.45) is 14.3. The molecule has 2 amide bonds. The predicted molar refractivity (Wildman–Crippen MR) is 180 cm³/mol. The van der Waals surface area contributed by atoms with E-state index in [0.717, 1.165) is 49.0 Å². The number of amides is 2. The summed E-state index contributed by atoms with van der Waals surface area (Å²) < 4.78 is 23.1. The van der Waals surface area contributed by atoms with Crippen molar-refractivity contribution in [2.45, 2.75) is 103 Å². The van der Waals surface area contributed by atoms with Crippen LogP contribution in [0.1, 0.15) is 89.5 Å². The molecule has 262 valence electrons. The lowest BCUT2D eigenvalue weighted by Crippen LogP contribution is -2.61. The maximum absolute atomic E-state index is 14.5. The van der Waals surface area contributed by atoms with Crippen LogP contribution in [0.5, 0.6) is 11.5 Å². The molecule has 8 rings (SSSR count). The largest absolute Gasteiger partial charge is 0.493 e. The molecule has 1 aromatic carbocycles. The summed E-state index contributed by atoms with van der Waals surface area (Å²) in [7, 11) is 4.62. The summed E-state index contributed by atoms with van der Waals surface area (Å²) in [5, 5.41) is 3.29. The zero-order chi connectivity index (χ0) is 33.6. The molecule has 6 fully saturated rings. The highest BCUT2D eigenvalue weighted by Crippen LogP contribution is 2.60. The number of likely N-dealkylation sites (tertiary alicyclic amines) is 1. The number of rotatable bonds is 11. The minimum Gasteiger partial charge on any atom is -0.493 e. The first kappa shape index (κ1) is 33.4. The molecule has 1 N–H and O–H groups in total. The smallest absolute Gasteiger partial charge is 0.320 e. The first-order valence-electron chi connectivity index (χ1n) is 18.4. The standard InChI is InChI=1S/C39H54N2O7/c1-24-39(37(44)47-4)22-30(17-35(42)40-23-38-19-26-13-27(20-38)15-28(14-26)21-38)36(43)41(34(39)18-32(48-24)29-7-5-6-8-29)12-11-25-9-10-31(45-2)33(16-25)46-3/h9-10,16,18,24,26-30,32H,5-8,11-15,17,19-23H2,1-4H3,(H,40,42)/t24-,26?,27?,28?,30+,32-,38?,39+/m1/s1. The van der Waals surface area contributed by atoms with E-state index in [9.17, 15) is 14.4 Å². The van der Waals surface area contributed by atoms with Crippen molar-refractivity contribution in [1.82, 2.24) is 10.2 Å². The molecule has 2 heterocycles. The lowest BCUT2D eigenvalue weighted by atomic mass is 9.49. The van der Waals surface area contributed by atoms with Crippen LogP contribution in [0.2, 0.25) is 0 Å². The molecular weight excluding hydrogens is 608 g/mol. The number of hydrogen-bond donors (Lipinski definition) is 1. The number of methoxy groups -OCH3 is 3. The number of carbonyl (C=O) groups is 3. The summed E-state index contributed by atoms with van der Waals surface area (Å²) in [4.78, 5) is 44.0. The number of hydrogen-bond acceptors (Lipinski definition) is 7. The predicted octanol–water partition coefficient (Wildman–Crippen LogP) is 5.84. The number of nitrogens with zero attached hydrogens (tertiary/aromatic N) is 1. The van der Waals surface area contributed by atoms with E-state index < -0.39 is 23.4 Å². The van der Waals surface area contributed by atoms with Gasteiger partial charge in [0.15, 0.2) is 11.5 Å². The third kappa shape index (κ3) is 6.02. The summed E-state index contributed by atoms with van der Waals surface area (Å²) in [6.45, 7) is 2.99. The van der Waals surface area contributed by atoms with Crippen molar-refractivity contribution in [3.05, 3.63) is 35.5 Å². The van der Waals surface area contributed by atoms with Crippen molar-refractivity contribution in [3.8, 4) is 11.5 Å². The summed E-state index contributed by atoms with van der Waals surface area (Å²) in [5.41, 5.74) is 0.685. The quantitative estimate of drug-likeness (QED) is 0.297. The highest BCUT2D eigenvalue weighted by Gasteiger charge is 2.60. The molecule has 0 radical (unpaired) electrons. The average Bonchev–Trinajstić information content (AvgIpc) is 3.62. The van der Waals surface area contributed by atoms with Crippen LogP contribution < -0.4 is 14.8 Å². The number of ether oxygens (including phenoxy) is 4. The topological polar surface area (TPSA) is 103 Å². The van der Waals surface area contributed by atoms with Gasteiger partial charge < -0.3 is 29.2 Å². The molecule has 1 aromatic rings. The van der Waals surface area contributed by atoms with Gasteiger partial charge in [-0.1, -0.05) is 18.9 Å². The fourth-order valence-electron chi connectivity index (χ4n) is 11.1. The molecule has 7 aliphatic rings. The first-order valence-corrected chi connectivity index (χ1v) is 18.4. The van der Waals surface area contributed by atoms with E-state index in [2.05, 4.69) is 5.32 Å². The maximum Gasteiger partial charge on any atom is 0.320 e. The second-order valence-corrected chi connectivity index (χ2v) is 16.0. The molecule has 0 spiro atoms. The zero-order valence-electron chi connectivity index (χ0n) is 29.3. The Morgan fingerprint density at radius 3 is 2.25 bits per heavy atom. The van der Waals surface area contributed by atoms with Gasteiger partial charge >= 0.3 is 5.97 Å². The van der Waals surface area contributed by atoms with Crippen LogP contribution in [0, 0.1) is 40.4 Å². The van der Waals surface area contributed by atoms with Gasteiger partial charge in [-0.05, 0) is 124 Å². The van der Waals surface area contributed by atoms with Gasteiger partial charge in [-0.15, -0.1) is 0 Å². The average molecular weight is 663 g/mol. The summed E-state index contributed by atoms with van der Waals surface area (Å²) in [6, 6.07) is 5.77. The van der Waals surface area contributed by atoms with E-state index in [1.165, 1.54) is 45.6 Å². The van der Waals surface area contributed by atoms with Crippen LogP contribution in [0.4, 0.5) is 0 Å². The van der Waals surface area contributed by atoms with E-state index in [4.69, 9.17) is 18.9 Å². The zero-order valence-corrected chi connectivity index (χ0v) is 29.3. The molecule has 0 aromatic heterocycles. The second kappa shape index (κ2) is 13.3. The van der Waals surface area contributed by atoms with Crippen molar-refractivity contribution in [2.75, 3.05) is 34.4 Å². The van der Waals surface area contributed by atoms with E-state index in [-0.39, 0.29) is 36.2 Å². The fourth-order valence-corrected chi connectivity index (χ4v) is 11.1. The number of piperidine rings is 1. The van der Waals surface area contributed by atoms with Crippen molar-refractivity contribution in [1.29, 1.82) is 0 Å². The summed E-state index contributed by atoms with van der Waals surface area (Å²) in [5.74, 6) is 2.74. The molecule has 4 bridgehead atoms. The highest BCUT2D eigenvalue weighted by molar-refractivity contribution is 5.92. The van der Waals surface area contributed by atoms with E-state index in [1.54, 1.807) is 19.1 Å². The molecule has 4 atom stereocenters.